The third kappa shape index (κ3) is 6.23. The van der Waals surface area contributed by atoms with Gasteiger partial charge in [0.25, 0.3) is 0 Å². The zero-order valence-electron chi connectivity index (χ0n) is 12.4. The van der Waals surface area contributed by atoms with Gasteiger partial charge in [0.05, 0.1) is 5.75 Å². The van der Waals surface area contributed by atoms with Crippen LogP contribution < -0.4 is 5.32 Å². The summed E-state index contributed by atoms with van der Waals surface area (Å²) in [6.45, 7) is 7.53. The predicted molar refractivity (Wildman–Crippen MR) is 79.2 cm³/mol. The molecule has 0 aromatic rings. The molecular weight excluding hydrogens is 262 g/mol. The molecule has 0 amide bonds. The van der Waals surface area contributed by atoms with E-state index in [1.54, 1.807) is 0 Å². The quantitative estimate of drug-likeness (QED) is 0.660. The molecule has 4 nitrogen and oxygen atoms in total. The molecule has 1 rings (SSSR count). The molecule has 0 unspecified atom stereocenters. The van der Waals surface area contributed by atoms with Crippen molar-refractivity contribution in [3.63, 3.8) is 0 Å². The molecule has 0 aromatic carbocycles. The van der Waals surface area contributed by atoms with Gasteiger partial charge in [-0.25, -0.2) is 8.42 Å². The van der Waals surface area contributed by atoms with E-state index in [1.807, 2.05) is 6.92 Å². The first-order valence-corrected chi connectivity index (χ1v) is 9.34. The fourth-order valence-electron chi connectivity index (χ4n) is 2.63. The molecule has 114 valence electrons. The highest BCUT2D eigenvalue weighted by Gasteiger charge is 2.33. The van der Waals surface area contributed by atoms with E-state index in [1.165, 1.54) is 0 Å². The van der Waals surface area contributed by atoms with Crippen LogP contribution in [0.2, 0.25) is 0 Å². The summed E-state index contributed by atoms with van der Waals surface area (Å²) in [7, 11) is -2.87. The molecule has 19 heavy (non-hydrogen) atoms. The lowest BCUT2D eigenvalue weighted by Gasteiger charge is -2.37. The van der Waals surface area contributed by atoms with Crippen LogP contribution in [0.15, 0.2) is 0 Å². The third-order valence-corrected chi connectivity index (χ3v) is 5.80. The second kappa shape index (κ2) is 8.22. The van der Waals surface area contributed by atoms with E-state index in [-0.39, 0.29) is 5.41 Å². The normalized spacial score (nSPS) is 19.5. The van der Waals surface area contributed by atoms with Crippen molar-refractivity contribution in [2.24, 2.45) is 5.41 Å². The van der Waals surface area contributed by atoms with Crippen molar-refractivity contribution in [2.75, 3.05) is 37.8 Å². The number of rotatable bonds is 9. The van der Waals surface area contributed by atoms with Crippen LogP contribution in [-0.4, -0.2) is 46.2 Å². The summed E-state index contributed by atoms with van der Waals surface area (Å²) in [5.74, 6) is 0.649. The fraction of sp³-hybridized carbons (Fsp3) is 1.00. The molecule has 1 fully saturated rings. The fourth-order valence-corrected chi connectivity index (χ4v) is 4.21. The summed E-state index contributed by atoms with van der Waals surface area (Å²) in [5.41, 5.74) is 0.119. The second-order valence-electron chi connectivity index (χ2n) is 5.69. The minimum absolute atomic E-state index is 0.119. The monoisotopic (exact) mass is 291 g/mol. The minimum Gasteiger partial charge on any atom is -0.381 e. The lowest BCUT2D eigenvalue weighted by molar-refractivity contribution is 0.0133. The van der Waals surface area contributed by atoms with Crippen molar-refractivity contribution in [2.45, 2.75) is 46.0 Å². The van der Waals surface area contributed by atoms with Gasteiger partial charge in [-0.15, -0.1) is 0 Å². The molecule has 1 saturated heterocycles. The number of ether oxygens (including phenoxy) is 1. The SMILES string of the molecule is CCCNCC1(CCS(=O)(=O)CCC)CCOCC1. The Morgan fingerprint density at radius 1 is 1.11 bits per heavy atom. The third-order valence-electron chi connectivity index (χ3n) is 3.94. The molecule has 0 bridgehead atoms. The summed E-state index contributed by atoms with van der Waals surface area (Å²) in [6, 6.07) is 0. The first-order chi connectivity index (χ1) is 9.04. The summed E-state index contributed by atoms with van der Waals surface area (Å²) in [4.78, 5) is 0. The Balaban J connectivity index is 2.53. The van der Waals surface area contributed by atoms with E-state index < -0.39 is 9.84 Å². The number of hydrogen-bond acceptors (Lipinski definition) is 4. The zero-order valence-corrected chi connectivity index (χ0v) is 13.2. The van der Waals surface area contributed by atoms with Gasteiger partial charge in [0.2, 0.25) is 0 Å². The van der Waals surface area contributed by atoms with Gasteiger partial charge in [0, 0.05) is 25.5 Å². The first kappa shape index (κ1) is 16.9. The van der Waals surface area contributed by atoms with Crippen molar-refractivity contribution in [3.8, 4) is 0 Å². The standard InChI is InChI=1S/C14H29NO3S/c1-3-8-15-13-14(5-9-18-10-6-14)7-12-19(16,17)11-4-2/h15H,3-13H2,1-2H3. The van der Waals surface area contributed by atoms with Crippen LogP contribution in [0, 0.1) is 5.41 Å². The van der Waals surface area contributed by atoms with E-state index >= 15 is 0 Å². The number of hydrogen-bond donors (Lipinski definition) is 1. The predicted octanol–water partition coefficient (Wildman–Crippen LogP) is 2.00. The molecule has 0 saturated carbocycles. The Bertz CT molecular complexity index is 335. The highest BCUT2D eigenvalue weighted by atomic mass is 32.2. The van der Waals surface area contributed by atoms with Gasteiger partial charge in [-0.1, -0.05) is 13.8 Å². The highest BCUT2D eigenvalue weighted by Crippen LogP contribution is 2.34. The largest absolute Gasteiger partial charge is 0.381 e. The van der Waals surface area contributed by atoms with Crippen LogP contribution in [0.5, 0.6) is 0 Å². The van der Waals surface area contributed by atoms with E-state index in [0.717, 1.165) is 52.0 Å². The molecule has 0 aromatic heterocycles. The Hall–Kier alpha value is -0.130. The number of sulfone groups is 1. The van der Waals surface area contributed by atoms with E-state index in [0.29, 0.717) is 17.9 Å². The van der Waals surface area contributed by atoms with Gasteiger partial charge in [-0.2, -0.15) is 0 Å². The molecule has 1 heterocycles. The molecule has 1 aliphatic heterocycles. The summed E-state index contributed by atoms with van der Waals surface area (Å²) < 4.78 is 29.2. The molecule has 0 atom stereocenters. The van der Waals surface area contributed by atoms with Gasteiger partial charge in [0.15, 0.2) is 0 Å². The highest BCUT2D eigenvalue weighted by molar-refractivity contribution is 7.91. The summed E-state index contributed by atoms with van der Waals surface area (Å²) in [6.07, 6.45) is 4.55. The topological polar surface area (TPSA) is 55.4 Å². The Morgan fingerprint density at radius 2 is 1.79 bits per heavy atom. The molecular formula is C14H29NO3S. The van der Waals surface area contributed by atoms with Crippen LogP contribution in [0.25, 0.3) is 0 Å². The zero-order chi connectivity index (χ0) is 14.2. The van der Waals surface area contributed by atoms with E-state index in [4.69, 9.17) is 4.74 Å². The van der Waals surface area contributed by atoms with Crippen molar-refractivity contribution in [3.05, 3.63) is 0 Å². The van der Waals surface area contributed by atoms with Crippen molar-refractivity contribution >= 4 is 9.84 Å². The van der Waals surface area contributed by atoms with E-state index in [2.05, 4.69) is 12.2 Å². The van der Waals surface area contributed by atoms with Crippen LogP contribution in [0.1, 0.15) is 46.0 Å². The van der Waals surface area contributed by atoms with Gasteiger partial charge in [-0.3, -0.25) is 0 Å². The Morgan fingerprint density at radius 3 is 2.37 bits per heavy atom. The van der Waals surface area contributed by atoms with Gasteiger partial charge < -0.3 is 10.1 Å². The van der Waals surface area contributed by atoms with Crippen LogP contribution >= 0.6 is 0 Å². The van der Waals surface area contributed by atoms with Crippen molar-refractivity contribution < 1.29 is 13.2 Å². The maximum Gasteiger partial charge on any atom is 0.150 e. The van der Waals surface area contributed by atoms with E-state index in [9.17, 15) is 8.42 Å². The van der Waals surface area contributed by atoms with Gasteiger partial charge >= 0.3 is 0 Å². The average molecular weight is 291 g/mol. The Kier molecular flexibility index (Phi) is 7.32. The van der Waals surface area contributed by atoms with Crippen molar-refractivity contribution in [1.29, 1.82) is 0 Å². The lowest BCUT2D eigenvalue weighted by atomic mass is 9.78. The summed E-state index contributed by atoms with van der Waals surface area (Å²) >= 11 is 0. The smallest absolute Gasteiger partial charge is 0.150 e. The molecule has 1 aliphatic rings. The second-order valence-corrected chi connectivity index (χ2v) is 7.99. The average Bonchev–Trinajstić information content (AvgIpc) is 2.38. The van der Waals surface area contributed by atoms with Crippen LogP contribution in [0.3, 0.4) is 0 Å². The maximum absolute atomic E-state index is 11.9. The Labute approximate surface area is 118 Å². The summed E-state index contributed by atoms with van der Waals surface area (Å²) in [5, 5.41) is 3.46. The first-order valence-electron chi connectivity index (χ1n) is 7.52. The molecule has 0 radical (unpaired) electrons. The molecule has 1 N–H and O–H groups in total. The minimum atomic E-state index is -2.87. The van der Waals surface area contributed by atoms with Crippen LogP contribution in [0.4, 0.5) is 0 Å². The molecule has 5 heteroatoms. The molecule has 0 aliphatic carbocycles. The number of nitrogens with one attached hydrogen (secondary N) is 1. The van der Waals surface area contributed by atoms with Crippen molar-refractivity contribution in [1.82, 2.24) is 5.32 Å². The lowest BCUT2D eigenvalue weighted by Crippen LogP contribution is -2.40. The van der Waals surface area contributed by atoms with Crippen LogP contribution in [-0.2, 0) is 14.6 Å². The van der Waals surface area contributed by atoms with Gasteiger partial charge in [0.1, 0.15) is 9.84 Å². The molecule has 0 spiro atoms. The van der Waals surface area contributed by atoms with Gasteiger partial charge in [-0.05, 0) is 44.1 Å². The maximum atomic E-state index is 11.9.